The van der Waals surface area contributed by atoms with E-state index in [2.05, 4.69) is 4.98 Å². The van der Waals surface area contributed by atoms with Crippen molar-refractivity contribution in [3.05, 3.63) is 61.9 Å². The van der Waals surface area contributed by atoms with Gasteiger partial charge in [0.2, 0.25) is 0 Å². The van der Waals surface area contributed by atoms with Gasteiger partial charge in [-0.3, -0.25) is 9.59 Å². The molecular formula is C23H22N2O7S. The van der Waals surface area contributed by atoms with Crippen LogP contribution >= 0.6 is 11.3 Å². The Bertz CT molecular complexity index is 1470. The summed E-state index contributed by atoms with van der Waals surface area (Å²) in [6.07, 6.45) is 1.76. The van der Waals surface area contributed by atoms with E-state index in [1.165, 1.54) is 18.4 Å². The molecule has 0 spiro atoms. The normalized spacial score (nSPS) is 11.3. The molecule has 9 nitrogen and oxygen atoms in total. The third kappa shape index (κ3) is 5.29. The number of aryl methyl sites for hydroxylation is 2. The number of ether oxygens (including phenoxy) is 2. The van der Waals surface area contributed by atoms with Gasteiger partial charge >= 0.3 is 5.97 Å². The van der Waals surface area contributed by atoms with Crippen molar-refractivity contribution in [1.29, 1.82) is 0 Å². The fourth-order valence-electron chi connectivity index (χ4n) is 3.10. The minimum absolute atomic E-state index is 0.124. The number of methoxy groups -OCH3 is 1. The Morgan fingerprint density at radius 1 is 1.12 bits per heavy atom. The van der Waals surface area contributed by atoms with Gasteiger partial charge in [-0.05, 0) is 60.9 Å². The molecule has 0 amide bonds. The van der Waals surface area contributed by atoms with Gasteiger partial charge in [-0.2, -0.15) is 0 Å². The summed E-state index contributed by atoms with van der Waals surface area (Å²) >= 11 is 1.32. The molecule has 2 aromatic heterocycles. The number of aliphatic carboxylic acids is 2. The average molecular weight is 471 g/mol. The number of fused-ring (bicyclic) bond motifs is 3. The molecule has 2 aromatic carbocycles. The lowest BCUT2D eigenvalue weighted by molar-refractivity contribution is -0.139. The number of imidazole rings is 1. The van der Waals surface area contributed by atoms with Crippen molar-refractivity contribution in [1.82, 2.24) is 9.38 Å². The minimum Gasteiger partial charge on any atom is -0.493 e. The molecule has 0 radical (unpaired) electrons. The lowest BCUT2D eigenvalue weighted by Gasteiger charge is -2.09. The minimum atomic E-state index is -1.07. The largest absolute Gasteiger partial charge is 0.493 e. The van der Waals surface area contributed by atoms with Crippen molar-refractivity contribution in [3.8, 4) is 11.5 Å². The number of nitrogens with zero attached hydrogens (tertiary/aromatic N) is 2. The first kappa shape index (κ1) is 23.7. The highest BCUT2D eigenvalue weighted by Crippen LogP contribution is 2.28. The van der Waals surface area contributed by atoms with Crippen LogP contribution in [0.25, 0.3) is 22.1 Å². The molecule has 2 heterocycles. The standard InChI is InChI=1S/C21H18N2O5S.C2H4O2/c1-11-6-14-15(7-12(11)2)23-20(26)18(29-21(23)22-14)9-13-4-5-16(17(8-13)27-3)28-10-19(24)25;1-2(3)4/h4-9H,10H2,1-3H3,(H,24,25);1H3,(H,3,4). The second-order valence-electron chi connectivity index (χ2n) is 7.18. The maximum Gasteiger partial charge on any atom is 0.341 e. The molecule has 0 bridgehead atoms. The SMILES string of the molecule is CC(=O)O.COc1cc(C=c2sc3nc4cc(C)c(C)cc4n3c2=O)ccc1OCC(=O)O. The predicted octanol–water partition coefficient (Wildman–Crippen LogP) is 2.64. The summed E-state index contributed by atoms with van der Waals surface area (Å²) in [7, 11) is 1.47. The van der Waals surface area contributed by atoms with E-state index in [0.717, 1.165) is 34.6 Å². The van der Waals surface area contributed by atoms with Crippen molar-refractivity contribution in [2.24, 2.45) is 0 Å². The van der Waals surface area contributed by atoms with Gasteiger partial charge < -0.3 is 19.7 Å². The highest BCUT2D eigenvalue weighted by atomic mass is 32.1. The van der Waals surface area contributed by atoms with Crippen LogP contribution in [-0.2, 0) is 9.59 Å². The van der Waals surface area contributed by atoms with Crippen molar-refractivity contribution in [2.75, 3.05) is 13.7 Å². The molecule has 10 heteroatoms. The smallest absolute Gasteiger partial charge is 0.341 e. The molecule has 33 heavy (non-hydrogen) atoms. The predicted molar refractivity (Wildman–Crippen MR) is 125 cm³/mol. The van der Waals surface area contributed by atoms with Gasteiger partial charge in [0.1, 0.15) is 0 Å². The summed E-state index contributed by atoms with van der Waals surface area (Å²) < 4.78 is 12.7. The molecule has 0 unspecified atom stereocenters. The Morgan fingerprint density at radius 3 is 2.42 bits per heavy atom. The molecular weight excluding hydrogens is 448 g/mol. The maximum absolute atomic E-state index is 13.0. The van der Waals surface area contributed by atoms with Gasteiger partial charge in [-0.1, -0.05) is 17.4 Å². The number of hydrogen-bond donors (Lipinski definition) is 2. The van der Waals surface area contributed by atoms with Crippen LogP contribution in [-0.4, -0.2) is 45.3 Å². The lowest BCUT2D eigenvalue weighted by atomic mass is 10.1. The molecule has 0 saturated carbocycles. The summed E-state index contributed by atoms with van der Waals surface area (Å²) in [6.45, 7) is 4.66. The first-order valence-electron chi connectivity index (χ1n) is 9.76. The summed E-state index contributed by atoms with van der Waals surface area (Å²) in [4.78, 5) is 37.9. The first-order valence-corrected chi connectivity index (χ1v) is 10.6. The fraction of sp³-hybridized carbons (Fsp3) is 0.217. The number of benzene rings is 2. The van der Waals surface area contributed by atoms with E-state index in [4.69, 9.17) is 24.5 Å². The van der Waals surface area contributed by atoms with Crippen LogP contribution in [0.3, 0.4) is 0 Å². The third-order valence-corrected chi connectivity index (χ3v) is 5.66. The zero-order valence-corrected chi connectivity index (χ0v) is 19.2. The molecule has 0 fully saturated rings. The van der Waals surface area contributed by atoms with Gasteiger partial charge in [0.05, 0.1) is 22.7 Å². The van der Waals surface area contributed by atoms with Crippen LogP contribution in [0.1, 0.15) is 23.6 Å². The van der Waals surface area contributed by atoms with Crippen LogP contribution in [0.5, 0.6) is 11.5 Å². The van der Waals surface area contributed by atoms with Crippen LogP contribution in [0, 0.1) is 13.8 Å². The molecule has 2 N–H and O–H groups in total. The molecule has 0 aliphatic heterocycles. The van der Waals surface area contributed by atoms with Gasteiger partial charge in [0, 0.05) is 6.92 Å². The third-order valence-electron chi connectivity index (χ3n) is 4.69. The number of aromatic nitrogens is 2. The number of rotatable bonds is 5. The van der Waals surface area contributed by atoms with Crippen LogP contribution in [0.2, 0.25) is 0 Å². The van der Waals surface area contributed by atoms with E-state index in [-0.39, 0.29) is 5.56 Å². The number of hydrogen-bond acceptors (Lipinski definition) is 7. The van der Waals surface area contributed by atoms with Crippen LogP contribution < -0.4 is 19.6 Å². The van der Waals surface area contributed by atoms with E-state index in [1.807, 2.05) is 26.0 Å². The zero-order chi connectivity index (χ0) is 24.3. The number of carboxylic acids is 2. The van der Waals surface area contributed by atoms with Crippen molar-refractivity contribution >= 4 is 45.3 Å². The van der Waals surface area contributed by atoms with Crippen LogP contribution in [0.4, 0.5) is 0 Å². The van der Waals surface area contributed by atoms with Crippen molar-refractivity contribution in [2.45, 2.75) is 20.8 Å². The second-order valence-corrected chi connectivity index (χ2v) is 8.19. The van der Waals surface area contributed by atoms with E-state index in [0.29, 0.717) is 21.0 Å². The molecule has 4 rings (SSSR count). The first-order chi connectivity index (χ1) is 15.6. The van der Waals surface area contributed by atoms with Gasteiger partial charge in [0.25, 0.3) is 11.5 Å². The molecule has 0 saturated heterocycles. The van der Waals surface area contributed by atoms with E-state index < -0.39 is 18.5 Å². The Kier molecular flexibility index (Phi) is 6.98. The highest BCUT2D eigenvalue weighted by molar-refractivity contribution is 7.15. The summed E-state index contributed by atoms with van der Waals surface area (Å²) in [5, 5.41) is 16.2. The maximum atomic E-state index is 13.0. The molecule has 0 aliphatic carbocycles. The molecule has 172 valence electrons. The molecule has 0 aliphatic rings. The monoisotopic (exact) mass is 470 g/mol. The second kappa shape index (κ2) is 9.70. The van der Waals surface area contributed by atoms with Crippen molar-refractivity contribution < 1.29 is 29.3 Å². The van der Waals surface area contributed by atoms with Gasteiger partial charge in [0.15, 0.2) is 23.1 Å². The topological polar surface area (TPSA) is 127 Å². The van der Waals surface area contributed by atoms with E-state index in [9.17, 15) is 9.59 Å². The fourth-order valence-corrected chi connectivity index (χ4v) is 4.09. The Labute approximate surface area is 192 Å². The Morgan fingerprint density at radius 2 is 1.79 bits per heavy atom. The summed E-state index contributed by atoms with van der Waals surface area (Å²) in [5.41, 5.74) is 4.48. The lowest BCUT2D eigenvalue weighted by Crippen LogP contribution is -2.22. The summed E-state index contributed by atoms with van der Waals surface area (Å²) in [6, 6.07) is 9.05. The number of carboxylic acid groups (broad SMARTS) is 2. The van der Waals surface area contributed by atoms with Crippen molar-refractivity contribution in [3.63, 3.8) is 0 Å². The van der Waals surface area contributed by atoms with E-state index in [1.54, 1.807) is 28.7 Å². The average Bonchev–Trinajstić information content (AvgIpc) is 3.22. The quantitative estimate of drug-likeness (QED) is 0.456. The van der Waals surface area contributed by atoms with Gasteiger partial charge in [-0.25, -0.2) is 14.2 Å². The number of carbonyl (C=O) groups is 2. The van der Waals surface area contributed by atoms with Gasteiger partial charge in [-0.15, -0.1) is 0 Å². The Hall–Kier alpha value is -3.92. The van der Waals surface area contributed by atoms with E-state index >= 15 is 0 Å². The highest BCUT2D eigenvalue weighted by Gasteiger charge is 2.13. The zero-order valence-electron chi connectivity index (χ0n) is 18.4. The van der Waals surface area contributed by atoms with Crippen LogP contribution in [0.15, 0.2) is 35.1 Å². The Balaban J connectivity index is 0.000000709. The summed E-state index contributed by atoms with van der Waals surface area (Å²) in [5.74, 6) is -1.18. The molecule has 0 atom stereocenters. The number of thiazole rings is 1. The molecule has 4 aromatic rings.